The highest BCUT2D eigenvalue weighted by Gasteiger charge is 2.60. The van der Waals surface area contributed by atoms with Crippen molar-refractivity contribution in [3.8, 4) is 0 Å². The van der Waals surface area contributed by atoms with Crippen LogP contribution in [-0.4, -0.2) is 17.5 Å². The summed E-state index contributed by atoms with van der Waals surface area (Å²) in [6.07, 6.45) is -13.8. The topological polar surface area (TPSA) is 20.2 Å². The Balaban J connectivity index is 3.13. The highest BCUT2D eigenvalue weighted by atomic mass is 79.9. The fraction of sp³-hybridized carbons (Fsp3) is 0.500. The lowest BCUT2D eigenvalue weighted by atomic mass is 10.00. The first kappa shape index (κ1) is 14.8. The Morgan fingerprint density at radius 2 is 1.59 bits per heavy atom. The standard InChI is InChI=1S/C8H5BrF6OS/c9-3-1-2-17-5(3)4(16)6(7(10,11)12)8(13,14)15/h1-2,4,6,16H. The molecule has 17 heavy (non-hydrogen) atoms. The molecule has 9 heteroatoms. The zero-order valence-corrected chi connectivity index (χ0v) is 10.2. The van der Waals surface area contributed by atoms with Gasteiger partial charge in [0.2, 0.25) is 0 Å². The Hall–Kier alpha value is -0.280. The van der Waals surface area contributed by atoms with Crippen molar-refractivity contribution in [3.05, 3.63) is 20.8 Å². The Morgan fingerprint density at radius 3 is 1.88 bits per heavy atom. The van der Waals surface area contributed by atoms with Gasteiger partial charge in [0.1, 0.15) is 6.10 Å². The van der Waals surface area contributed by atoms with Crippen molar-refractivity contribution in [2.45, 2.75) is 18.5 Å². The number of hydrogen-bond donors (Lipinski definition) is 1. The van der Waals surface area contributed by atoms with Gasteiger partial charge in [-0.2, -0.15) is 26.3 Å². The van der Waals surface area contributed by atoms with Crippen LogP contribution in [0.2, 0.25) is 0 Å². The van der Waals surface area contributed by atoms with Crippen molar-refractivity contribution >= 4 is 27.3 Å². The maximum absolute atomic E-state index is 12.3. The molecule has 0 radical (unpaired) electrons. The van der Waals surface area contributed by atoms with Crippen molar-refractivity contribution in [2.24, 2.45) is 5.92 Å². The van der Waals surface area contributed by atoms with Crippen LogP contribution in [0.4, 0.5) is 26.3 Å². The molecule has 1 aromatic rings. The minimum absolute atomic E-state index is 0.0218. The second-order valence-electron chi connectivity index (χ2n) is 3.14. The molecule has 1 heterocycles. The summed E-state index contributed by atoms with van der Waals surface area (Å²) in [6, 6.07) is 1.27. The second kappa shape index (κ2) is 4.77. The molecule has 1 unspecified atom stereocenters. The fourth-order valence-electron chi connectivity index (χ4n) is 1.21. The van der Waals surface area contributed by atoms with Crippen LogP contribution in [0.1, 0.15) is 11.0 Å². The molecule has 0 saturated carbocycles. The highest BCUT2D eigenvalue weighted by Crippen LogP contribution is 2.48. The summed E-state index contributed by atoms with van der Waals surface area (Å²) in [5.41, 5.74) is 0. The molecule has 0 aliphatic rings. The maximum atomic E-state index is 12.3. The van der Waals surface area contributed by atoms with Crippen molar-refractivity contribution in [3.63, 3.8) is 0 Å². The monoisotopic (exact) mass is 342 g/mol. The normalized spacial score (nSPS) is 15.4. The molecule has 0 aromatic carbocycles. The van der Waals surface area contributed by atoms with Crippen LogP contribution in [0, 0.1) is 5.92 Å². The van der Waals surface area contributed by atoms with E-state index in [0.717, 1.165) is 0 Å². The van der Waals surface area contributed by atoms with Gasteiger partial charge in [-0.15, -0.1) is 11.3 Å². The van der Waals surface area contributed by atoms with Crippen LogP contribution in [0.3, 0.4) is 0 Å². The lowest BCUT2D eigenvalue weighted by Crippen LogP contribution is -2.40. The number of halogens is 7. The molecule has 98 valence electrons. The van der Waals surface area contributed by atoms with Crippen LogP contribution in [0.15, 0.2) is 15.9 Å². The minimum atomic E-state index is -5.55. The summed E-state index contributed by atoms with van der Waals surface area (Å²) in [7, 11) is 0. The Labute approximate surface area is 104 Å². The average molecular weight is 343 g/mol. The van der Waals surface area contributed by atoms with Crippen LogP contribution in [0.5, 0.6) is 0 Å². The van der Waals surface area contributed by atoms with E-state index >= 15 is 0 Å². The van der Waals surface area contributed by atoms with E-state index in [1.807, 2.05) is 0 Å². The van der Waals surface area contributed by atoms with E-state index in [1.54, 1.807) is 0 Å². The van der Waals surface area contributed by atoms with Gasteiger partial charge in [0, 0.05) is 9.35 Å². The summed E-state index contributed by atoms with van der Waals surface area (Å²) < 4.78 is 73.8. The van der Waals surface area contributed by atoms with Crippen LogP contribution >= 0.6 is 27.3 Å². The zero-order valence-electron chi connectivity index (χ0n) is 7.81. The van der Waals surface area contributed by atoms with Gasteiger partial charge in [0.15, 0.2) is 5.92 Å². The Bertz CT molecular complexity index is 370. The van der Waals surface area contributed by atoms with Crippen molar-refractivity contribution in [1.82, 2.24) is 0 Å². The first-order chi connectivity index (χ1) is 7.55. The largest absolute Gasteiger partial charge is 0.403 e. The Kier molecular flexibility index (Phi) is 4.15. The molecule has 0 fully saturated rings. The minimum Gasteiger partial charge on any atom is -0.387 e. The number of rotatable bonds is 2. The molecule has 0 spiro atoms. The quantitative estimate of drug-likeness (QED) is 0.795. The van der Waals surface area contributed by atoms with Crippen molar-refractivity contribution in [2.75, 3.05) is 0 Å². The summed E-state index contributed by atoms with van der Waals surface area (Å²) in [5, 5.41) is 10.5. The number of alkyl halides is 6. The molecule has 0 aliphatic heterocycles. The molecular weight excluding hydrogens is 338 g/mol. The molecule has 1 aromatic heterocycles. The lowest BCUT2D eigenvalue weighted by Gasteiger charge is -2.26. The van der Waals surface area contributed by atoms with Gasteiger partial charge in [-0.3, -0.25) is 0 Å². The van der Waals surface area contributed by atoms with Gasteiger partial charge in [-0.25, -0.2) is 0 Å². The van der Waals surface area contributed by atoms with E-state index in [4.69, 9.17) is 0 Å². The lowest BCUT2D eigenvalue weighted by molar-refractivity contribution is -0.307. The van der Waals surface area contributed by atoms with E-state index in [-0.39, 0.29) is 4.47 Å². The van der Waals surface area contributed by atoms with Crippen LogP contribution < -0.4 is 0 Å². The molecule has 0 bridgehead atoms. The molecule has 1 atom stereocenters. The number of hydrogen-bond acceptors (Lipinski definition) is 2. The molecule has 0 saturated heterocycles. The van der Waals surface area contributed by atoms with Crippen LogP contribution in [0.25, 0.3) is 0 Å². The number of thiophene rings is 1. The van der Waals surface area contributed by atoms with Gasteiger partial charge in [0.05, 0.1) is 0 Å². The van der Waals surface area contributed by atoms with Gasteiger partial charge >= 0.3 is 12.4 Å². The first-order valence-electron chi connectivity index (χ1n) is 4.09. The van der Waals surface area contributed by atoms with E-state index < -0.39 is 29.3 Å². The second-order valence-corrected chi connectivity index (χ2v) is 4.94. The maximum Gasteiger partial charge on any atom is 0.403 e. The molecule has 0 amide bonds. The van der Waals surface area contributed by atoms with Gasteiger partial charge in [-0.05, 0) is 27.4 Å². The summed E-state index contributed by atoms with van der Waals surface area (Å²) >= 11 is 3.41. The van der Waals surface area contributed by atoms with Crippen LogP contribution in [-0.2, 0) is 0 Å². The number of aliphatic hydroxyl groups excluding tert-OH is 1. The average Bonchev–Trinajstić information content (AvgIpc) is 2.45. The molecule has 0 aliphatic carbocycles. The number of aliphatic hydroxyl groups is 1. The van der Waals surface area contributed by atoms with Gasteiger partial charge in [-0.1, -0.05) is 0 Å². The van der Waals surface area contributed by atoms with Gasteiger partial charge < -0.3 is 5.11 Å². The van der Waals surface area contributed by atoms with E-state index in [2.05, 4.69) is 15.9 Å². The SMILES string of the molecule is OC(c1sccc1Br)C(C(F)(F)F)C(F)(F)F. The molecule has 1 nitrogen and oxygen atoms in total. The summed E-state index contributed by atoms with van der Waals surface area (Å²) in [5.74, 6) is -3.79. The predicted octanol–water partition coefficient (Wildman–Crippen LogP) is 4.28. The third kappa shape index (κ3) is 3.35. The van der Waals surface area contributed by atoms with E-state index in [0.29, 0.717) is 11.3 Å². The van der Waals surface area contributed by atoms with Gasteiger partial charge in [0.25, 0.3) is 0 Å². The predicted molar refractivity (Wildman–Crippen MR) is 52.6 cm³/mol. The summed E-state index contributed by atoms with van der Waals surface area (Å²) in [6.45, 7) is 0. The zero-order chi connectivity index (χ0) is 13.4. The third-order valence-corrected chi connectivity index (χ3v) is 3.88. The van der Waals surface area contributed by atoms with Crippen molar-refractivity contribution in [1.29, 1.82) is 0 Å². The highest BCUT2D eigenvalue weighted by molar-refractivity contribution is 9.10. The fourth-order valence-corrected chi connectivity index (χ4v) is 2.84. The Morgan fingerprint density at radius 1 is 1.12 bits per heavy atom. The first-order valence-corrected chi connectivity index (χ1v) is 5.76. The molecular formula is C8H5BrF6OS. The molecule has 1 rings (SSSR count). The van der Waals surface area contributed by atoms with E-state index in [1.165, 1.54) is 11.4 Å². The van der Waals surface area contributed by atoms with Crippen molar-refractivity contribution < 1.29 is 31.4 Å². The smallest absolute Gasteiger partial charge is 0.387 e. The van der Waals surface area contributed by atoms with E-state index in [9.17, 15) is 31.4 Å². The summed E-state index contributed by atoms with van der Waals surface area (Å²) in [4.78, 5) is -0.398. The molecule has 1 N–H and O–H groups in total. The third-order valence-electron chi connectivity index (χ3n) is 1.93.